The Morgan fingerprint density at radius 1 is 1.00 bits per heavy atom. The molecule has 1 amide bonds. The maximum Gasteiger partial charge on any atom is 0.290 e. The third kappa shape index (κ3) is 8.16. The van der Waals surface area contributed by atoms with Crippen LogP contribution in [0.25, 0.3) is 26.5 Å². The topological polar surface area (TPSA) is 126 Å². The molecule has 1 aliphatic rings. The van der Waals surface area contributed by atoms with Gasteiger partial charge in [0.2, 0.25) is 6.29 Å². The fourth-order valence-corrected chi connectivity index (χ4v) is 7.46. The molecule has 0 saturated heterocycles. The van der Waals surface area contributed by atoms with E-state index in [1.54, 1.807) is 22.1 Å². The number of hydrogen-bond acceptors (Lipinski definition) is 9. The first-order valence-electron chi connectivity index (χ1n) is 17.2. The van der Waals surface area contributed by atoms with Gasteiger partial charge in [0.1, 0.15) is 5.01 Å². The number of nitrogens with zero attached hydrogens (tertiary/aromatic N) is 3. The number of allylic oxidation sites excluding steroid dienone is 1. The van der Waals surface area contributed by atoms with E-state index in [1.807, 2.05) is 86.2 Å². The lowest BCUT2D eigenvalue weighted by molar-refractivity contribution is -0.166. The van der Waals surface area contributed by atoms with Crippen LogP contribution in [-0.2, 0) is 30.8 Å². The van der Waals surface area contributed by atoms with Crippen LogP contribution in [0.2, 0.25) is 0 Å². The number of hydrogen-bond donors (Lipinski definition) is 2. The normalized spacial score (nSPS) is 17.4. The van der Waals surface area contributed by atoms with E-state index in [9.17, 15) is 9.59 Å². The summed E-state index contributed by atoms with van der Waals surface area (Å²) in [6.07, 6.45) is 1.43. The summed E-state index contributed by atoms with van der Waals surface area (Å²) in [7, 11) is 1.85. The second kappa shape index (κ2) is 16.6. The van der Waals surface area contributed by atoms with Crippen LogP contribution in [0.5, 0.6) is 0 Å². The number of benzene rings is 3. The van der Waals surface area contributed by atoms with Crippen LogP contribution in [0.4, 0.5) is 5.69 Å². The van der Waals surface area contributed by atoms with Gasteiger partial charge < -0.3 is 29.4 Å². The molecule has 0 spiro atoms. The molecule has 3 atom stereocenters. The Kier molecular flexibility index (Phi) is 11.8. The summed E-state index contributed by atoms with van der Waals surface area (Å²) in [4.78, 5) is 32.9. The van der Waals surface area contributed by atoms with Crippen molar-refractivity contribution >= 4 is 33.1 Å². The number of ether oxygens (including phenoxy) is 4. The Morgan fingerprint density at radius 3 is 2.47 bits per heavy atom. The number of thiazole rings is 1. The minimum atomic E-state index is -0.811. The van der Waals surface area contributed by atoms with Gasteiger partial charge in [0.05, 0.1) is 42.3 Å². The van der Waals surface area contributed by atoms with Gasteiger partial charge in [-0.3, -0.25) is 14.3 Å². The van der Waals surface area contributed by atoms with Crippen molar-refractivity contribution in [3.63, 3.8) is 0 Å². The van der Waals surface area contributed by atoms with Gasteiger partial charge in [-0.25, -0.2) is 9.67 Å². The number of aliphatic hydroxyl groups is 1. The van der Waals surface area contributed by atoms with E-state index in [4.69, 9.17) is 29.0 Å². The van der Waals surface area contributed by atoms with Gasteiger partial charge in [-0.1, -0.05) is 24.3 Å². The Labute approximate surface area is 301 Å². The Bertz CT molecular complexity index is 2030. The summed E-state index contributed by atoms with van der Waals surface area (Å²) in [5.74, 6) is -1.22. The van der Waals surface area contributed by atoms with Gasteiger partial charge in [-0.05, 0) is 87.4 Å². The van der Waals surface area contributed by atoms with E-state index in [-0.39, 0.29) is 30.5 Å². The number of fused-ring (bicyclic) bond motifs is 1. The van der Waals surface area contributed by atoms with Gasteiger partial charge in [0.15, 0.2) is 5.76 Å². The lowest BCUT2D eigenvalue weighted by Crippen LogP contribution is -2.39. The first-order valence-corrected chi connectivity index (χ1v) is 18.0. The molecule has 51 heavy (non-hydrogen) atoms. The van der Waals surface area contributed by atoms with Crippen molar-refractivity contribution in [3.05, 3.63) is 112 Å². The summed E-state index contributed by atoms with van der Waals surface area (Å²) in [5, 5.41) is 12.8. The molecule has 11 nitrogen and oxygen atoms in total. The van der Waals surface area contributed by atoms with Crippen LogP contribution in [0, 0.1) is 19.8 Å². The first kappa shape index (κ1) is 36.2. The smallest absolute Gasteiger partial charge is 0.290 e. The number of carbonyl (C=O) groups excluding carboxylic acids is 1. The summed E-state index contributed by atoms with van der Waals surface area (Å²) in [6.45, 7) is 7.44. The number of carbonyl (C=O) groups is 1. The fourth-order valence-electron chi connectivity index (χ4n) is 6.39. The molecule has 6 rings (SSSR count). The molecule has 0 unspecified atom stereocenters. The zero-order chi connectivity index (χ0) is 35.9. The maximum absolute atomic E-state index is 14.2. The van der Waals surface area contributed by atoms with Crippen molar-refractivity contribution in [3.8, 4) is 16.3 Å². The molecular weight excluding hydrogens is 669 g/mol. The highest BCUT2D eigenvalue weighted by molar-refractivity contribution is 7.21. The van der Waals surface area contributed by atoms with Gasteiger partial charge in [0.25, 0.3) is 11.5 Å². The van der Waals surface area contributed by atoms with Crippen LogP contribution < -0.4 is 10.9 Å². The van der Waals surface area contributed by atoms with Crippen molar-refractivity contribution in [2.45, 2.75) is 39.4 Å². The third-order valence-corrected chi connectivity index (χ3v) is 10.1. The molecule has 0 radical (unpaired) electrons. The van der Waals surface area contributed by atoms with Crippen molar-refractivity contribution < 1.29 is 28.8 Å². The number of anilines is 1. The second-order valence-electron chi connectivity index (χ2n) is 12.4. The molecule has 0 aliphatic carbocycles. The zero-order valence-corrected chi connectivity index (χ0v) is 30.2. The number of rotatable bonds is 15. The average Bonchev–Trinajstić information content (AvgIpc) is 3.65. The van der Waals surface area contributed by atoms with Crippen molar-refractivity contribution in [2.75, 3.05) is 45.0 Å². The molecule has 5 aromatic rings. The quantitative estimate of drug-likeness (QED) is 0.125. The molecule has 3 heterocycles. The molecule has 2 N–H and O–H groups in total. The number of amides is 1. The van der Waals surface area contributed by atoms with E-state index in [1.165, 1.54) is 5.56 Å². The largest absolute Gasteiger partial charge is 0.459 e. The summed E-state index contributed by atoms with van der Waals surface area (Å²) < 4.78 is 28.2. The number of aryl methyl sites for hydroxylation is 1. The Morgan fingerprint density at radius 2 is 1.75 bits per heavy atom. The van der Waals surface area contributed by atoms with E-state index in [2.05, 4.69) is 24.4 Å². The fraction of sp³-hybridized carbons (Fsp3) is 0.359. The lowest BCUT2D eigenvalue weighted by atomic mass is 9.81. The molecule has 0 saturated carbocycles. The molecular formula is C39H44N4O7S. The minimum absolute atomic E-state index is 0.0501. The highest BCUT2D eigenvalue weighted by Crippen LogP contribution is 2.39. The predicted octanol–water partition coefficient (Wildman–Crippen LogP) is 6.10. The first-order chi connectivity index (χ1) is 24.8. The van der Waals surface area contributed by atoms with Crippen molar-refractivity contribution in [2.24, 2.45) is 13.0 Å². The summed E-state index contributed by atoms with van der Waals surface area (Å²) >= 11 is 1.63. The average molecular weight is 713 g/mol. The lowest BCUT2D eigenvalue weighted by Gasteiger charge is -2.36. The molecule has 1 aliphatic heterocycles. The van der Waals surface area contributed by atoms with E-state index >= 15 is 0 Å². The van der Waals surface area contributed by atoms with Crippen LogP contribution in [0.15, 0.2) is 89.4 Å². The molecule has 2 aromatic heterocycles. The van der Waals surface area contributed by atoms with E-state index < -0.39 is 18.1 Å². The van der Waals surface area contributed by atoms with Crippen LogP contribution in [-0.4, -0.2) is 71.3 Å². The Hall–Kier alpha value is -4.59. The standard InChI is InChI=1S/C39H44N4O7S/c1-5-49-39-30(17-19-47-21-22-48-20-18-44)31(35-26(3)42(4)43(38(35)46)29-9-7-6-8-10-29)24-33(50-39)36(45)40-28-14-12-27(13-15-28)37-41-32-16-11-25(2)23-34(32)51-37/h6-16,23-24,30-31,39,44H,5,17-22H2,1-4H3,(H,40,45)/t30-,31-,39+/m0/s1. The number of nitrogens with one attached hydrogen (secondary N) is 1. The van der Waals surface area contributed by atoms with Crippen LogP contribution in [0.1, 0.15) is 36.1 Å². The number of para-hydroxylation sites is 1. The second-order valence-corrected chi connectivity index (χ2v) is 13.4. The van der Waals surface area contributed by atoms with Crippen molar-refractivity contribution in [1.29, 1.82) is 0 Å². The van der Waals surface area contributed by atoms with Crippen LogP contribution >= 0.6 is 11.3 Å². The monoisotopic (exact) mass is 712 g/mol. The van der Waals surface area contributed by atoms with Gasteiger partial charge in [0, 0.05) is 54.6 Å². The predicted molar refractivity (Wildman–Crippen MR) is 198 cm³/mol. The van der Waals surface area contributed by atoms with Crippen molar-refractivity contribution in [1.82, 2.24) is 14.3 Å². The van der Waals surface area contributed by atoms with Gasteiger partial charge in [-0.15, -0.1) is 11.3 Å². The molecule has 3 aromatic carbocycles. The number of aliphatic hydroxyl groups excluding tert-OH is 1. The SMILES string of the molecule is CCO[C@@H]1OC(C(=O)Nc2ccc(-c3nc4ccc(C)cc4s3)cc2)=C[C@H](c2c(C)n(C)n(-c3ccccc3)c2=O)[C@@H]1CCOCCOCCO. The molecule has 0 fully saturated rings. The maximum atomic E-state index is 14.2. The molecule has 12 heteroatoms. The summed E-state index contributed by atoms with van der Waals surface area (Å²) in [6, 6.07) is 23.2. The van der Waals surface area contributed by atoms with Crippen LogP contribution in [0.3, 0.4) is 0 Å². The highest BCUT2D eigenvalue weighted by atomic mass is 32.1. The summed E-state index contributed by atoms with van der Waals surface area (Å²) in [5.41, 5.74) is 5.58. The Balaban J connectivity index is 1.28. The number of aromatic nitrogens is 3. The molecule has 0 bridgehead atoms. The highest BCUT2D eigenvalue weighted by Gasteiger charge is 2.41. The van der Waals surface area contributed by atoms with Gasteiger partial charge >= 0.3 is 0 Å². The third-order valence-electron chi connectivity index (χ3n) is 9.01. The van der Waals surface area contributed by atoms with E-state index in [0.717, 1.165) is 32.2 Å². The minimum Gasteiger partial charge on any atom is -0.459 e. The molecule has 268 valence electrons. The zero-order valence-electron chi connectivity index (χ0n) is 29.3. The van der Waals surface area contributed by atoms with E-state index in [0.29, 0.717) is 44.1 Å². The van der Waals surface area contributed by atoms with Gasteiger partial charge in [-0.2, -0.15) is 0 Å².